The second kappa shape index (κ2) is 7.17. The molecule has 0 aliphatic carbocycles. The van der Waals surface area contributed by atoms with Crippen molar-refractivity contribution in [2.24, 2.45) is 0 Å². The van der Waals surface area contributed by atoms with Crippen molar-refractivity contribution in [1.82, 2.24) is 0 Å². The molecule has 0 bridgehead atoms. The lowest BCUT2D eigenvalue weighted by Crippen LogP contribution is -2.09. The summed E-state index contributed by atoms with van der Waals surface area (Å²) in [5, 5.41) is 2.44. The third kappa shape index (κ3) is 4.02. The normalized spacial score (nSPS) is 10.5. The van der Waals surface area contributed by atoms with Gasteiger partial charge >= 0.3 is 5.97 Å². The summed E-state index contributed by atoms with van der Waals surface area (Å²) in [7, 11) is 1.31. The fourth-order valence-electron chi connectivity index (χ4n) is 1.76. The van der Waals surface area contributed by atoms with E-state index in [-0.39, 0.29) is 5.69 Å². The summed E-state index contributed by atoms with van der Waals surface area (Å²) in [6.45, 7) is 0. The molecule has 0 atom stereocenters. The lowest BCUT2D eigenvalue weighted by Gasteiger charge is -2.03. The number of hydrogen-bond donors (Lipinski definition) is 1. The van der Waals surface area contributed by atoms with Crippen LogP contribution in [-0.2, 0) is 9.53 Å². The van der Waals surface area contributed by atoms with E-state index >= 15 is 0 Å². The van der Waals surface area contributed by atoms with E-state index in [0.717, 1.165) is 5.56 Å². The fraction of sp³-hybridized carbons (Fsp3) is 0.0588. The number of esters is 1. The van der Waals surface area contributed by atoms with Gasteiger partial charge in [0.1, 0.15) is 5.82 Å². The summed E-state index contributed by atoms with van der Waals surface area (Å²) >= 11 is 0. The van der Waals surface area contributed by atoms with Crippen molar-refractivity contribution in [3.05, 3.63) is 71.6 Å². The van der Waals surface area contributed by atoms with Crippen LogP contribution >= 0.6 is 0 Å². The zero-order chi connectivity index (χ0) is 15.9. The predicted octanol–water partition coefficient (Wildman–Crippen LogP) is 3.26. The van der Waals surface area contributed by atoms with Crippen molar-refractivity contribution >= 4 is 23.6 Å². The first kappa shape index (κ1) is 15.4. The Morgan fingerprint density at radius 1 is 1.09 bits per heavy atom. The van der Waals surface area contributed by atoms with Gasteiger partial charge in [-0.2, -0.15) is 0 Å². The highest BCUT2D eigenvalue weighted by Gasteiger charge is 2.04. The number of ether oxygens (including phenoxy) is 1. The highest BCUT2D eigenvalue weighted by Crippen LogP contribution is 2.12. The van der Waals surface area contributed by atoms with E-state index in [1.54, 1.807) is 42.5 Å². The zero-order valence-corrected chi connectivity index (χ0v) is 11.9. The third-order valence-corrected chi connectivity index (χ3v) is 2.89. The van der Waals surface area contributed by atoms with Gasteiger partial charge in [0.05, 0.1) is 18.4 Å². The topological polar surface area (TPSA) is 55.4 Å². The molecule has 112 valence electrons. The van der Waals surface area contributed by atoms with Crippen molar-refractivity contribution in [1.29, 1.82) is 0 Å². The predicted molar refractivity (Wildman–Crippen MR) is 81.8 cm³/mol. The molecule has 0 aromatic heterocycles. The molecule has 1 N–H and O–H groups in total. The van der Waals surface area contributed by atoms with Gasteiger partial charge in [-0.3, -0.25) is 4.79 Å². The molecule has 2 aromatic rings. The van der Waals surface area contributed by atoms with E-state index in [4.69, 9.17) is 0 Å². The summed E-state index contributed by atoms with van der Waals surface area (Å²) in [4.78, 5) is 23.0. The molecule has 0 aliphatic rings. The Labute approximate surface area is 127 Å². The molecule has 0 aliphatic heterocycles. The number of hydrogen-bond acceptors (Lipinski definition) is 3. The average molecular weight is 299 g/mol. The molecule has 1 amide bonds. The average Bonchev–Trinajstić information content (AvgIpc) is 2.55. The van der Waals surface area contributed by atoms with Crippen LogP contribution in [0.2, 0.25) is 0 Å². The molecule has 2 aromatic carbocycles. The maximum absolute atomic E-state index is 13.4. The minimum Gasteiger partial charge on any atom is -0.465 e. The molecule has 0 saturated carbocycles. The van der Waals surface area contributed by atoms with Gasteiger partial charge in [0, 0.05) is 6.08 Å². The summed E-state index contributed by atoms with van der Waals surface area (Å²) in [6.07, 6.45) is 2.86. The van der Waals surface area contributed by atoms with Crippen molar-refractivity contribution in [2.75, 3.05) is 12.4 Å². The number of methoxy groups -OCH3 is 1. The van der Waals surface area contributed by atoms with Gasteiger partial charge in [0.15, 0.2) is 0 Å². The smallest absolute Gasteiger partial charge is 0.337 e. The Kier molecular flexibility index (Phi) is 5.03. The van der Waals surface area contributed by atoms with E-state index in [1.165, 1.54) is 25.3 Å². The van der Waals surface area contributed by atoms with Gasteiger partial charge in [-0.15, -0.1) is 0 Å². The monoisotopic (exact) mass is 299 g/mol. The van der Waals surface area contributed by atoms with Gasteiger partial charge in [0.25, 0.3) is 0 Å². The maximum atomic E-state index is 13.4. The van der Waals surface area contributed by atoms with Crippen LogP contribution in [0.25, 0.3) is 6.08 Å². The molecule has 0 spiro atoms. The number of amides is 1. The quantitative estimate of drug-likeness (QED) is 0.696. The van der Waals surface area contributed by atoms with Crippen LogP contribution in [0.4, 0.5) is 10.1 Å². The van der Waals surface area contributed by atoms with Crippen LogP contribution < -0.4 is 5.32 Å². The zero-order valence-electron chi connectivity index (χ0n) is 11.9. The minimum absolute atomic E-state index is 0.123. The number of halogens is 1. The van der Waals surface area contributed by atoms with E-state index in [2.05, 4.69) is 10.1 Å². The van der Waals surface area contributed by atoms with Crippen LogP contribution in [0.15, 0.2) is 54.6 Å². The number of anilines is 1. The maximum Gasteiger partial charge on any atom is 0.337 e. The number of rotatable bonds is 4. The van der Waals surface area contributed by atoms with E-state index in [1.807, 2.05) is 0 Å². The Morgan fingerprint density at radius 3 is 2.41 bits per heavy atom. The summed E-state index contributed by atoms with van der Waals surface area (Å²) < 4.78 is 18.0. The molecule has 0 fully saturated rings. The molecule has 2 rings (SSSR count). The molecule has 0 saturated heterocycles. The first-order valence-corrected chi connectivity index (χ1v) is 6.52. The van der Waals surface area contributed by atoms with Crippen LogP contribution in [0, 0.1) is 5.82 Å². The molecule has 0 unspecified atom stereocenters. The van der Waals surface area contributed by atoms with Crippen molar-refractivity contribution in [3.63, 3.8) is 0 Å². The van der Waals surface area contributed by atoms with Gasteiger partial charge in [0.2, 0.25) is 5.91 Å². The third-order valence-electron chi connectivity index (χ3n) is 2.89. The van der Waals surface area contributed by atoms with Gasteiger partial charge in [-0.25, -0.2) is 9.18 Å². The minimum atomic E-state index is -0.494. The van der Waals surface area contributed by atoms with Crippen molar-refractivity contribution < 1.29 is 18.7 Å². The number of carbonyl (C=O) groups is 2. The van der Waals surface area contributed by atoms with Crippen molar-refractivity contribution in [3.8, 4) is 0 Å². The molecule has 0 radical (unpaired) electrons. The summed E-state index contributed by atoms with van der Waals surface area (Å²) in [6, 6.07) is 12.5. The Balaban J connectivity index is 2.01. The second-order valence-corrected chi connectivity index (χ2v) is 4.42. The number of nitrogens with one attached hydrogen (secondary N) is 1. The molecular weight excluding hydrogens is 285 g/mol. The SMILES string of the molecule is COC(=O)c1ccc(/C=C/C(=O)Nc2ccccc2F)cc1. The number of carbonyl (C=O) groups excluding carboxylic acids is 2. The molecule has 22 heavy (non-hydrogen) atoms. The fourth-order valence-corrected chi connectivity index (χ4v) is 1.76. The first-order valence-electron chi connectivity index (χ1n) is 6.52. The molecular formula is C17H14FNO3. The molecule has 0 heterocycles. The largest absolute Gasteiger partial charge is 0.465 e. The Morgan fingerprint density at radius 2 is 1.77 bits per heavy atom. The highest BCUT2D eigenvalue weighted by atomic mass is 19.1. The van der Waals surface area contributed by atoms with Crippen LogP contribution in [0.1, 0.15) is 15.9 Å². The summed E-state index contributed by atoms with van der Waals surface area (Å²) in [5.74, 6) is -1.36. The lowest BCUT2D eigenvalue weighted by molar-refractivity contribution is -0.111. The second-order valence-electron chi connectivity index (χ2n) is 4.42. The highest BCUT2D eigenvalue weighted by molar-refractivity contribution is 6.02. The van der Waals surface area contributed by atoms with E-state index in [9.17, 15) is 14.0 Å². The number of benzene rings is 2. The number of para-hydroxylation sites is 1. The van der Waals surface area contributed by atoms with Crippen LogP contribution in [0.5, 0.6) is 0 Å². The first-order chi connectivity index (χ1) is 10.6. The van der Waals surface area contributed by atoms with Crippen molar-refractivity contribution in [2.45, 2.75) is 0 Å². The standard InChI is InChI=1S/C17H14FNO3/c1-22-17(21)13-9-6-12(7-10-13)8-11-16(20)19-15-5-3-2-4-14(15)18/h2-11H,1H3,(H,19,20)/b11-8+. The summed E-state index contributed by atoms with van der Waals surface area (Å²) in [5.41, 5.74) is 1.28. The molecule has 5 heteroatoms. The lowest BCUT2D eigenvalue weighted by atomic mass is 10.1. The van der Waals surface area contributed by atoms with Gasteiger partial charge in [-0.05, 0) is 35.9 Å². The van der Waals surface area contributed by atoms with E-state index < -0.39 is 17.7 Å². The van der Waals surface area contributed by atoms with Gasteiger partial charge < -0.3 is 10.1 Å². The van der Waals surface area contributed by atoms with Gasteiger partial charge in [-0.1, -0.05) is 24.3 Å². The van der Waals surface area contributed by atoms with Crippen LogP contribution in [-0.4, -0.2) is 19.0 Å². The Hall–Kier alpha value is -2.95. The van der Waals surface area contributed by atoms with Crippen LogP contribution in [0.3, 0.4) is 0 Å². The van der Waals surface area contributed by atoms with E-state index in [0.29, 0.717) is 5.56 Å². The molecule has 4 nitrogen and oxygen atoms in total. The Bertz CT molecular complexity index is 708.